The summed E-state index contributed by atoms with van der Waals surface area (Å²) in [6.07, 6.45) is 3.92. The van der Waals surface area contributed by atoms with Crippen molar-refractivity contribution in [2.45, 2.75) is 13.5 Å². The molecule has 0 bridgehead atoms. The minimum Gasteiger partial charge on any atom is -0.267 e. The first kappa shape index (κ1) is 9.71. The highest BCUT2D eigenvalue weighted by atomic mass is 127. The molecule has 0 fully saturated rings. The van der Waals surface area contributed by atoms with Crippen molar-refractivity contribution in [2.75, 3.05) is 0 Å². The molecule has 0 aliphatic rings. The topological polar surface area (TPSA) is 17.8 Å². The van der Waals surface area contributed by atoms with Crippen molar-refractivity contribution in [2.24, 2.45) is 0 Å². The third kappa shape index (κ3) is 2.35. The molecule has 0 radical (unpaired) electrons. The smallest absolute Gasteiger partial charge is 0.0659 e. The van der Waals surface area contributed by atoms with E-state index < -0.39 is 0 Å². The summed E-state index contributed by atoms with van der Waals surface area (Å²) in [5.74, 6) is 0. The van der Waals surface area contributed by atoms with E-state index in [0.29, 0.717) is 0 Å². The zero-order chi connectivity index (χ0) is 9.97. The molecule has 0 atom stereocenters. The van der Waals surface area contributed by atoms with Gasteiger partial charge in [-0.15, -0.1) is 0 Å². The number of benzene rings is 1. The van der Waals surface area contributed by atoms with Crippen LogP contribution in [0.5, 0.6) is 0 Å². The molecular formula is C11H11IN2. The molecule has 1 heterocycles. The fourth-order valence-corrected chi connectivity index (χ4v) is 1.87. The maximum Gasteiger partial charge on any atom is 0.0659 e. The molecule has 72 valence electrons. The van der Waals surface area contributed by atoms with Crippen molar-refractivity contribution in [1.82, 2.24) is 9.78 Å². The molecule has 2 aromatic rings. The van der Waals surface area contributed by atoms with Crippen LogP contribution in [0.2, 0.25) is 0 Å². The highest BCUT2D eigenvalue weighted by Gasteiger charge is 1.97. The van der Waals surface area contributed by atoms with Gasteiger partial charge in [-0.1, -0.05) is 29.8 Å². The van der Waals surface area contributed by atoms with E-state index in [1.54, 1.807) is 0 Å². The summed E-state index contributed by atoms with van der Waals surface area (Å²) in [6.45, 7) is 2.96. The Morgan fingerprint density at radius 2 is 2.29 bits per heavy atom. The lowest BCUT2D eigenvalue weighted by Crippen LogP contribution is -1.99. The van der Waals surface area contributed by atoms with E-state index >= 15 is 0 Å². The van der Waals surface area contributed by atoms with Gasteiger partial charge in [-0.2, -0.15) is 5.10 Å². The van der Waals surface area contributed by atoms with Crippen molar-refractivity contribution < 1.29 is 0 Å². The average molecular weight is 298 g/mol. The van der Waals surface area contributed by atoms with E-state index in [2.05, 4.69) is 58.9 Å². The second-order valence-corrected chi connectivity index (χ2v) is 4.59. The second-order valence-electron chi connectivity index (χ2n) is 3.35. The molecule has 1 aromatic heterocycles. The number of rotatable bonds is 2. The lowest BCUT2D eigenvalue weighted by molar-refractivity contribution is 0.686. The van der Waals surface area contributed by atoms with Crippen LogP contribution in [-0.4, -0.2) is 9.78 Å². The van der Waals surface area contributed by atoms with Gasteiger partial charge in [0.1, 0.15) is 0 Å². The van der Waals surface area contributed by atoms with E-state index in [1.807, 2.05) is 17.1 Å². The van der Waals surface area contributed by atoms with Crippen molar-refractivity contribution >= 4 is 22.6 Å². The fourth-order valence-electron chi connectivity index (χ4n) is 1.42. The SMILES string of the molecule is Cc1cccc(Cn2cc(I)cn2)c1. The van der Waals surface area contributed by atoms with Gasteiger partial charge in [-0.3, -0.25) is 4.68 Å². The fraction of sp³-hybridized carbons (Fsp3) is 0.182. The molecule has 3 heteroatoms. The molecule has 0 unspecified atom stereocenters. The molecule has 0 N–H and O–H groups in total. The molecule has 0 amide bonds. The Hall–Kier alpha value is -0.840. The number of hydrogen-bond acceptors (Lipinski definition) is 1. The molecule has 0 aliphatic carbocycles. The van der Waals surface area contributed by atoms with Crippen LogP contribution < -0.4 is 0 Å². The average Bonchev–Trinajstić information content (AvgIpc) is 2.51. The molecular weight excluding hydrogens is 287 g/mol. The zero-order valence-corrected chi connectivity index (χ0v) is 10.1. The standard InChI is InChI=1S/C11H11IN2/c1-9-3-2-4-10(5-9)7-14-8-11(12)6-13-14/h2-6,8H,7H2,1H3. The minimum atomic E-state index is 0.852. The van der Waals surface area contributed by atoms with E-state index in [4.69, 9.17) is 0 Å². The second kappa shape index (κ2) is 4.13. The van der Waals surface area contributed by atoms with Gasteiger partial charge in [-0.25, -0.2) is 0 Å². The summed E-state index contributed by atoms with van der Waals surface area (Å²) in [6, 6.07) is 8.51. The summed E-state index contributed by atoms with van der Waals surface area (Å²) < 4.78 is 3.13. The van der Waals surface area contributed by atoms with Crippen LogP contribution in [0.4, 0.5) is 0 Å². The van der Waals surface area contributed by atoms with Gasteiger partial charge < -0.3 is 0 Å². The zero-order valence-electron chi connectivity index (χ0n) is 7.94. The summed E-state index contributed by atoms with van der Waals surface area (Å²) in [4.78, 5) is 0. The largest absolute Gasteiger partial charge is 0.267 e. The van der Waals surface area contributed by atoms with Crippen LogP contribution in [0.1, 0.15) is 11.1 Å². The van der Waals surface area contributed by atoms with E-state index in [1.165, 1.54) is 14.7 Å². The number of hydrogen-bond donors (Lipinski definition) is 0. The molecule has 0 spiro atoms. The van der Waals surface area contributed by atoms with Crippen LogP contribution in [-0.2, 0) is 6.54 Å². The van der Waals surface area contributed by atoms with Crippen LogP contribution in [0.15, 0.2) is 36.7 Å². The van der Waals surface area contributed by atoms with Crippen molar-refractivity contribution in [3.8, 4) is 0 Å². The molecule has 0 saturated carbocycles. The Kier molecular flexibility index (Phi) is 2.86. The summed E-state index contributed by atoms with van der Waals surface area (Å²) in [7, 11) is 0. The molecule has 14 heavy (non-hydrogen) atoms. The highest BCUT2D eigenvalue weighted by molar-refractivity contribution is 14.1. The van der Waals surface area contributed by atoms with Crippen LogP contribution >= 0.6 is 22.6 Å². The van der Waals surface area contributed by atoms with E-state index in [9.17, 15) is 0 Å². The minimum absolute atomic E-state index is 0.852. The van der Waals surface area contributed by atoms with Gasteiger partial charge in [0.15, 0.2) is 0 Å². The predicted octanol–water partition coefficient (Wildman–Crippen LogP) is 2.84. The number of halogens is 1. The van der Waals surface area contributed by atoms with Crippen molar-refractivity contribution in [3.63, 3.8) is 0 Å². The monoisotopic (exact) mass is 298 g/mol. The van der Waals surface area contributed by atoms with E-state index in [-0.39, 0.29) is 0 Å². The third-order valence-corrected chi connectivity index (χ3v) is 2.59. The van der Waals surface area contributed by atoms with Crippen molar-refractivity contribution in [3.05, 3.63) is 51.4 Å². The number of aromatic nitrogens is 2. The van der Waals surface area contributed by atoms with Crippen LogP contribution in [0.3, 0.4) is 0 Å². The Morgan fingerprint density at radius 3 is 2.93 bits per heavy atom. The Bertz CT molecular complexity index is 434. The first-order chi connectivity index (χ1) is 6.74. The van der Waals surface area contributed by atoms with Gasteiger partial charge >= 0.3 is 0 Å². The van der Waals surface area contributed by atoms with Crippen LogP contribution in [0.25, 0.3) is 0 Å². The van der Waals surface area contributed by atoms with E-state index in [0.717, 1.165) is 6.54 Å². The normalized spacial score (nSPS) is 10.4. The summed E-state index contributed by atoms with van der Waals surface area (Å²) >= 11 is 2.27. The predicted molar refractivity (Wildman–Crippen MR) is 65.2 cm³/mol. The first-order valence-electron chi connectivity index (χ1n) is 4.47. The number of aryl methyl sites for hydroxylation is 1. The Morgan fingerprint density at radius 1 is 1.43 bits per heavy atom. The van der Waals surface area contributed by atoms with Gasteiger partial charge in [-0.05, 0) is 35.1 Å². The third-order valence-electron chi connectivity index (χ3n) is 2.03. The Balaban J connectivity index is 2.18. The van der Waals surface area contributed by atoms with Crippen molar-refractivity contribution in [1.29, 1.82) is 0 Å². The van der Waals surface area contributed by atoms with Gasteiger partial charge in [0.2, 0.25) is 0 Å². The summed E-state index contributed by atoms with van der Waals surface area (Å²) in [5, 5.41) is 4.25. The van der Waals surface area contributed by atoms with Gasteiger partial charge in [0, 0.05) is 6.20 Å². The van der Waals surface area contributed by atoms with Gasteiger partial charge in [0.25, 0.3) is 0 Å². The molecule has 1 aromatic carbocycles. The molecule has 2 nitrogen and oxygen atoms in total. The number of nitrogens with zero attached hydrogens (tertiary/aromatic N) is 2. The maximum atomic E-state index is 4.25. The lowest BCUT2D eigenvalue weighted by Gasteiger charge is -2.02. The van der Waals surface area contributed by atoms with Crippen LogP contribution in [0, 0.1) is 10.5 Å². The molecule has 0 saturated heterocycles. The summed E-state index contributed by atoms with van der Waals surface area (Å²) in [5.41, 5.74) is 2.59. The lowest BCUT2D eigenvalue weighted by atomic mass is 10.1. The maximum absolute atomic E-state index is 4.25. The quantitative estimate of drug-likeness (QED) is 0.780. The molecule has 2 rings (SSSR count). The Labute approximate surface area is 97.1 Å². The molecule has 0 aliphatic heterocycles. The first-order valence-corrected chi connectivity index (χ1v) is 5.55. The van der Waals surface area contributed by atoms with Gasteiger partial charge in [0.05, 0.1) is 16.3 Å². The highest BCUT2D eigenvalue weighted by Crippen LogP contribution is 2.07.